The molecule has 0 radical (unpaired) electrons. The van der Waals surface area contributed by atoms with Crippen LogP contribution in [-0.4, -0.2) is 23.0 Å². The highest BCUT2D eigenvalue weighted by molar-refractivity contribution is 8.00. The Labute approximate surface area is 112 Å². The van der Waals surface area contributed by atoms with Crippen molar-refractivity contribution in [3.05, 3.63) is 34.9 Å². The quantitative estimate of drug-likeness (QED) is 0.848. The third-order valence-electron chi connectivity index (χ3n) is 2.01. The standard InChI is InChI=1S/C13H18ClNOS/c1-13(2,3)17-8-7-15-12(16)10-5-4-6-11(14)9-10/h4-6,9H,7-8H2,1-3H3,(H,15,16). The molecule has 1 N–H and O–H groups in total. The predicted molar refractivity (Wildman–Crippen MR) is 76.0 cm³/mol. The average Bonchev–Trinajstić information content (AvgIpc) is 2.23. The van der Waals surface area contributed by atoms with E-state index in [1.165, 1.54) is 0 Å². The van der Waals surface area contributed by atoms with E-state index in [0.717, 1.165) is 5.75 Å². The Kier molecular flexibility index (Phi) is 5.34. The van der Waals surface area contributed by atoms with Gasteiger partial charge in [0, 0.05) is 27.6 Å². The van der Waals surface area contributed by atoms with Gasteiger partial charge in [-0.25, -0.2) is 0 Å². The summed E-state index contributed by atoms with van der Waals surface area (Å²) >= 11 is 7.66. The van der Waals surface area contributed by atoms with E-state index in [4.69, 9.17) is 11.6 Å². The molecule has 0 aliphatic carbocycles. The van der Waals surface area contributed by atoms with E-state index in [1.807, 2.05) is 11.8 Å². The predicted octanol–water partition coefficient (Wildman–Crippen LogP) is 3.60. The molecule has 17 heavy (non-hydrogen) atoms. The number of thioether (sulfide) groups is 1. The maximum atomic E-state index is 11.7. The molecule has 1 aromatic carbocycles. The van der Waals surface area contributed by atoms with Gasteiger partial charge in [-0.3, -0.25) is 4.79 Å². The van der Waals surface area contributed by atoms with Crippen molar-refractivity contribution < 1.29 is 4.79 Å². The normalized spacial score (nSPS) is 11.3. The van der Waals surface area contributed by atoms with Gasteiger partial charge in [0.1, 0.15) is 0 Å². The molecule has 1 amide bonds. The van der Waals surface area contributed by atoms with Crippen LogP contribution >= 0.6 is 23.4 Å². The number of carbonyl (C=O) groups excluding carboxylic acids is 1. The van der Waals surface area contributed by atoms with Crippen LogP contribution in [0, 0.1) is 0 Å². The van der Waals surface area contributed by atoms with Gasteiger partial charge in [0.2, 0.25) is 0 Å². The lowest BCUT2D eigenvalue weighted by atomic mass is 10.2. The van der Waals surface area contributed by atoms with E-state index in [-0.39, 0.29) is 10.7 Å². The molecule has 0 aromatic heterocycles. The zero-order valence-corrected chi connectivity index (χ0v) is 12.0. The second-order valence-corrected chi connectivity index (χ2v) is 7.09. The number of carbonyl (C=O) groups is 1. The van der Waals surface area contributed by atoms with Crippen LogP contribution in [0.2, 0.25) is 5.02 Å². The number of benzene rings is 1. The van der Waals surface area contributed by atoms with E-state index < -0.39 is 0 Å². The molecule has 0 unspecified atom stereocenters. The highest BCUT2D eigenvalue weighted by Crippen LogP contribution is 2.22. The van der Waals surface area contributed by atoms with Gasteiger partial charge in [0.05, 0.1) is 0 Å². The summed E-state index contributed by atoms with van der Waals surface area (Å²) in [6, 6.07) is 6.97. The summed E-state index contributed by atoms with van der Waals surface area (Å²) in [4.78, 5) is 11.7. The summed E-state index contributed by atoms with van der Waals surface area (Å²) < 4.78 is 0.237. The first-order valence-electron chi connectivity index (χ1n) is 5.56. The minimum atomic E-state index is -0.0676. The first-order chi connectivity index (χ1) is 7.88. The molecular weight excluding hydrogens is 254 g/mol. The summed E-state index contributed by atoms with van der Waals surface area (Å²) in [5, 5.41) is 3.47. The summed E-state index contributed by atoms with van der Waals surface area (Å²) in [7, 11) is 0. The average molecular weight is 272 g/mol. The lowest BCUT2D eigenvalue weighted by molar-refractivity contribution is 0.0956. The molecule has 0 saturated carbocycles. The fourth-order valence-corrected chi connectivity index (χ4v) is 2.26. The summed E-state index contributed by atoms with van der Waals surface area (Å²) in [5.74, 6) is 0.845. The number of hydrogen-bond donors (Lipinski definition) is 1. The van der Waals surface area contributed by atoms with Crippen molar-refractivity contribution in [3.8, 4) is 0 Å². The van der Waals surface area contributed by atoms with Crippen LogP contribution in [0.3, 0.4) is 0 Å². The second-order valence-electron chi connectivity index (χ2n) is 4.73. The molecule has 0 aliphatic rings. The topological polar surface area (TPSA) is 29.1 Å². The smallest absolute Gasteiger partial charge is 0.251 e. The molecule has 0 heterocycles. The van der Waals surface area contributed by atoms with Crippen molar-refractivity contribution in [2.45, 2.75) is 25.5 Å². The number of halogens is 1. The van der Waals surface area contributed by atoms with Crippen molar-refractivity contribution in [3.63, 3.8) is 0 Å². The van der Waals surface area contributed by atoms with Gasteiger partial charge >= 0.3 is 0 Å². The van der Waals surface area contributed by atoms with Crippen molar-refractivity contribution in [2.75, 3.05) is 12.3 Å². The molecule has 0 atom stereocenters. The Hall–Kier alpha value is -0.670. The van der Waals surface area contributed by atoms with Crippen LogP contribution in [0.4, 0.5) is 0 Å². The largest absolute Gasteiger partial charge is 0.351 e. The highest BCUT2D eigenvalue weighted by Gasteiger charge is 2.10. The molecule has 94 valence electrons. The number of rotatable bonds is 4. The maximum absolute atomic E-state index is 11.7. The van der Waals surface area contributed by atoms with Gasteiger partial charge in [-0.15, -0.1) is 0 Å². The van der Waals surface area contributed by atoms with Crippen LogP contribution in [0.15, 0.2) is 24.3 Å². The van der Waals surface area contributed by atoms with Gasteiger partial charge in [0.25, 0.3) is 5.91 Å². The van der Waals surface area contributed by atoms with Gasteiger partial charge < -0.3 is 5.32 Å². The molecule has 0 saturated heterocycles. The minimum Gasteiger partial charge on any atom is -0.351 e. The first kappa shape index (κ1) is 14.4. The molecule has 1 rings (SSSR count). The Morgan fingerprint density at radius 1 is 1.41 bits per heavy atom. The molecule has 0 spiro atoms. The Morgan fingerprint density at radius 2 is 2.12 bits per heavy atom. The first-order valence-corrected chi connectivity index (χ1v) is 6.92. The van der Waals surface area contributed by atoms with Crippen molar-refractivity contribution in [1.29, 1.82) is 0 Å². The van der Waals surface area contributed by atoms with Crippen molar-refractivity contribution in [1.82, 2.24) is 5.32 Å². The number of amides is 1. The molecule has 1 aromatic rings. The third kappa shape index (κ3) is 5.99. The molecule has 0 fully saturated rings. The SMILES string of the molecule is CC(C)(C)SCCNC(=O)c1cccc(Cl)c1. The van der Waals surface area contributed by atoms with E-state index in [0.29, 0.717) is 17.1 Å². The summed E-state index contributed by atoms with van der Waals surface area (Å²) in [6.45, 7) is 7.16. The van der Waals surface area contributed by atoms with E-state index in [1.54, 1.807) is 24.3 Å². The summed E-state index contributed by atoms with van der Waals surface area (Å²) in [6.07, 6.45) is 0. The van der Waals surface area contributed by atoms with Gasteiger partial charge in [-0.2, -0.15) is 11.8 Å². The maximum Gasteiger partial charge on any atom is 0.251 e. The summed E-state index contributed by atoms with van der Waals surface area (Å²) in [5.41, 5.74) is 0.609. The number of hydrogen-bond acceptors (Lipinski definition) is 2. The Balaban J connectivity index is 2.36. The van der Waals surface area contributed by atoms with E-state index in [2.05, 4.69) is 26.1 Å². The molecule has 2 nitrogen and oxygen atoms in total. The number of nitrogens with one attached hydrogen (secondary N) is 1. The Morgan fingerprint density at radius 3 is 2.71 bits per heavy atom. The second kappa shape index (κ2) is 6.31. The molecule has 4 heteroatoms. The van der Waals surface area contributed by atoms with Crippen LogP contribution in [0.1, 0.15) is 31.1 Å². The van der Waals surface area contributed by atoms with Crippen LogP contribution < -0.4 is 5.32 Å². The van der Waals surface area contributed by atoms with Crippen LogP contribution in [0.5, 0.6) is 0 Å². The fourth-order valence-electron chi connectivity index (χ4n) is 1.25. The minimum absolute atomic E-state index is 0.0676. The molecular formula is C13H18ClNOS. The zero-order chi connectivity index (χ0) is 12.9. The van der Waals surface area contributed by atoms with Crippen LogP contribution in [0.25, 0.3) is 0 Å². The van der Waals surface area contributed by atoms with Crippen molar-refractivity contribution in [2.24, 2.45) is 0 Å². The lowest BCUT2D eigenvalue weighted by Gasteiger charge is -2.17. The lowest BCUT2D eigenvalue weighted by Crippen LogP contribution is -2.26. The molecule has 0 bridgehead atoms. The Bertz CT molecular complexity index is 387. The highest BCUT2D eigenvalue weighted by atomic mass is 35.5. The molecule has 0 aliphatic heterocycles. The van der Waals surface area contributed by atoms with E-state index in [9.17, 15) is 4.79 Å². The van der Waals surface area contributed by atoms with Gasteiger partial charge in [0.15, 0.2) is 0 Å². The fraction of sp³-hybridized carbons (Fsp3) is 0.462. The van der Waals surface area contributed by atoms with Crippen molar-refractivity contribution >= 4 is 29.3 Å². The zero-order valence-electron chi connectivity index (χ0n) is 10.4. The monoisotopic (exact) mass is 271 g/mol. The van der Waals surface area contributed by atoms with Crippen LogP contribution in [-0.2, 0) is 0 Å². The third-order valence-corrected chi connectivity index (χ3v) is 3.52. The van der Waals surface area contributed by atoms with Gasteiger partial charge in [-0.1, -0.05) is 38.4 Å². The van der Waals surface area contributed by atoms with Gasteiger partial charge in [-0.05, 0) is 18.2 Å². The van der Waals surface area contributed by atoms with E-state index >= 15 is 0 Å².